The number of fused-ring (bicyclic) bond motifs is 1. The SMILES string of the molecule is CNc1cc(C2CCOCC2)c2cc(OC)c(CCCCN3CC(O)C3)cc2n1. The number of β-amino-alcohol motifs (C(OH)–C–C–N with tert-alkyl or cyclic N) is 1. The summed E-state index contributed by atoms with van der Waals surface area (Å²) in [4.78, 5) is 7.15. The van der Waals surface area contributed by atoms with Gasteiger partial charge in [-0.15, -0.1) is 0 Å². The van der Waals surface area contributed by atoms with Crippen LogP contribution in [0.25, 0.3) is 10.9 Å². The zero-order valence-electron chi connectivity index (χ0n) is 17.6. The first kappa shape index (κ1) is 20.4. The maximum Gasteiger partial charge on any atom is 0.126 e. The predicted octanol–water partition coefficient (Wildman–Crippen LogP) is 3.18. The van der Waals surface area contributed by atoms with E-state index >= 15 is 0 Å². The molecule has 0 unspecified atom stereocenters. The van der Waals surface area contributed by atoms with Crippen LogP contribution in [-0.2, 0) is 11.2 Å². The smallest absolute Gasteiger partial charge is 0.126 e. The first-order chi connectivity index (χ1) is 14.2. The van der Waals surface area contributed by atoms with Crippen LogP contribution >= 0.6 is 0 Å². The second kappa shape index (κ2) is 9.28. The van der Waals surface area contributed by atoms with Gasteiger partial charge in [-0.25, -0.2) is 4.98 Å². The molecule has 2 aliphatic rings. The molecule has 0 aliphatic carbocycles. The first-order valence-electron chi connectivity index (χ1n) is 10.9. The number of rotatable bonds is 8. The Hall–Kier alpha value is -1.89. The lowest BCUT2D eigenvalue weighted by Gasteiger charge is -2.35. The van der Waals surface area contributed by atoms with Crippen molar-refractivity contribution in [3.05, 3.63) is 29.3 Å². The van der Waals surface area contributed by atoms with Crippen LogP contribution in [0.2, 0.25) is 0 Å². The Labute approximate surface area is 173 Å². The van der Waals surface area contributed by atoms with Crippen LogP contribution in [0.3, 0.4) is 0 Å². The van der Waals surface area contributed by atoms with Gasteiger partial charge in [0.2, 0.25) is 0 Å². The van der Waals surface area contributed by atoms with Gasteiger partial charge < -0.3 is 19.9 Å². The van der Waals surface area contributed by atoms with Crippen LogP contribution in [0.1, 0.15) is 42.7 Å². The van der Waals surface area contributed by atoms with Gasteiger partial charge in [0.1, 0.15) is 11.6 Å². The topological polar surface area (TPSA) is 66.8 Å². The van der Waals surface area contributed by atoms with Gasteiger partial charge in [-0.3, -0.25) is 4.90 Å². The molecule has 0 amide bonds. The molecule has 158 valence electrons. The average molecular weight is 400 g/mol. The summed E-state index contributed by atoms with van der Waals surface area (Å²) in [5.41, 5.74) is 3.62. The number of pyridine rings is 1. The highest BCUT2D eigenvalue weighted by molar-refractivity contribution is 5.87. The highest BCUT2D eigenvalue weighted by atomic mass is 16.5. The lowest BCUT2D eigenvalue weighted by Crippen LogP contribution is -2.50. The van der Waals surface area contributed by atoms with Crippen molar-refractivity contribution in [2.24, 2.45) is 0 Å². The molecule has 0 atom stereocenters. The van der Waals surface area contributed by atoms with Crippen LogP contribution in [-0.4, -0.2) is 68.1 Å². The van der Waals surface area contributed by atoms with Gasteiger partial charge in [-0.1, -0.05) is 0 Å². The fourth-order valence-corrected chi connectivity index (χ4v) is 4.56. The van der Waals surface area contributed by atoms with Crippen molar-refractivity contribution >= 4 is 16.7 Å². The van der Waals surface area contributed by atoms with Crippen molar-refractivity contribution in [3.63, 3.8) is 0 Å². The number of hydrogen-bond acceptors (Lipinski definition) is 6. The van der Waals surface area contributed by atoms with Crippen molar-refractivity contribution in [1.82, 2.24) is 9.88 Å². The fourth-order valence-electron chi connectivity index (χ4n) is 4.56. The second-order valence-electron chi connectivity index (χ2n) is 8.29. The van der Waals surface area contributed by atoms with E-state index in [1.165, 1.54) is 16.5 Å². The molecule has 0 radical (unpaired) electrons. The Balaban J connectivity index is 1.55. The quantitative estimate of drug-likeness (QED) is 0.665. The molecule has 2 fully saturated rings. The zero-order valence-corrected chi connectivity index (χ0v) is 17.6. The maximum absolute atomic E-state index is 9.40. The van der Waals surface area contributed by atoms with Crippen LogP contribution in [0.15, 0.2) is 18.2 Å². The van der Waals surface area contributed by atoms with Gasteiger partial charge in [-0.2, -0.15) is 0 Å². The minimum atomic E-state index is -0.118. The Bertz CT molecular complexity index is 830. The molecule has 0 bridgehead atoms. The Morgan fingerprint density at radius 1 is 1.21 bits per heavy atom. The molecule has 1 aromatic heterocycles. The zero-order chi connectivity index (χ0) is 20.2. The fraction of sp³-hybridized carbons (Fsp3) is 0.609. The third-order valence-corrected chi connectivity index (χ3v) is 6.27. The molecule has 0 spiro atoms. The standard InChI is InChI=1S/C23H33N3O3/c1-24-23-13-19(16-6-9-29-10-7-16)20-12-22(28-2)17(11-21(20)25-23)5-3-4-8-26-14-18(27)15-26/h11-13,16,18,27H,3-10,14-15H2,1-2H3,(H,24,25). The monoisotopic (exact) mass is 399 g/mol. The first-order valence-corrected chi connectivity index (χ1v) is 10.9. The molecule has 4 rings (SSSR count). The number of aryl methyl sites for hydroxylation is 1. The summed E-state index contributed by atoms with van der Waals surface area (Å²) in [6.07, 6.45) is 5.20. The average Bonchev–Trinajstić information content (AvgIpc) is 2.74. The van der Waals surface area contributed by atoms with Gasteiger partial charge in [-0.05, 0) is 73.9 Å². The van der Waals surface area contributed by atoms with Crippen molar-refractivity contribution in [2.75, 3.05) is 52.3 Å². The number of unbranched alkanes of at least 4 members (excludes halogenated alkanes) is 1. The van der Waals surface area contributed by atoms with E-state index in [4.69, 9.17) is 14.5 Å². The lowest BCUT2D eigenvalue weighted by atomic mass is 9.88. The number of nitrogens with zero attached hydrogens (tertiary/aromatic N) is 2. The third kappa shape index (κ3) is 4.65. The van der Waals surface area contributed by atoms with E-state index in [9.17, 15) is 5.11 Å². The van der Waals surface area contributed by atoms with Crippen molar-refractivity contribution < 1.29 is 14.6 Å². The number of aliphatic hydroxyl groups is 1. The van der Waals surface area contributed by atoms with Gasteiger partial charge in [0, 0.05) is 38.7 Å². The van der Waals surface area contributed by atoms with Gasteiger partial charge in [0.05, 0.1) is 18.7 Å². The predicted molar refractivity (Wildman–Crippen MR) is 116 cm³/mol. The maximum atomic E-state index is 9.40. The van der Waals surface area contributed by atoms with E-state index in [1.807, 2.05) is 7.05 Å². The Morgan fingerprint density at radius 3 is 2.69 bits per heavy atom. The molecular formula is C23H33N3O3. The summed E-state index contributed by atoms with van der Waals surface area (Å²) in [6.45, 7) is 4.36. The third-order valence-electron chi connectivity index (χ3n) is 6.27. The number of aliphatic hydroxyl groups excluding tert-OH is 1. The van der Waals surface area contributed by atoms with Crippen LogP contribution in [0.5, 0.6) is 5.75 Å². The van der Waals surface area contributed by atoms with Crippen molar-refractivity contribution in [1.29, 1.82) is 0 Å². The molecule has 1 aromatic carbocycles. The molecule has 2 aliphatic heterocycles. The largest absolute Gasteiger partial charge is 0.496 e. The van der Waals surface area contributed by atoms with Crippen molar-refractivity contribution in [2.45, 2.75) is 44.1 Å². The van der Waals surface area contributed by atoms with Gasteiger partial charge >= 0.3 is 0 Å². The summed E-state index contributed by atoms with van der Waals surface area (Å²) >= 11 is 0. The number of anilines is 1. The second-order valence-corrected chi connectivity index (χ2v) is 8.29. The normalized spacial score (nSPS) is 18.7. The van der Waals surface area contributed by atoms with Crippen LogP contribution < -0.4 is 10.1 Å². The highest BCUT2D eigenvalue weighted by Crippen LogP contribution is 2.36. The van der Waals surface area contributed by atoms with E-state index in [1.54, 1.807) is 7.11 Å². The van der Waals surface area contributed by atoms with Crippen molar-refractivity contribution in [3.8, 4) is 5.75 Å². The van der Waals surface area contributed by atoms with Gasteiger partial charge in [0.15, 0.2) is 0 Å². The van der Waals surface area contributed by atoms with E-state index in [2.05, 4.69) is 28.4 Å². The summed E-state index contributed by atoms with van der Waals surface area (Å²) < 4.78 is 11.3. The van der Waals surface area contributed by atoms with E-state index in [0.29, 0.717) is 5.92 Å². The summed E-state index contributed by atoms with van der Waals surface area (Å²) in [6, 6.07) is 6.60. The van der Waals surface area contributed by atoms with Crippen LogP contribution in [0.4, 0.5) is 5.82 Å². The summed E-state index contributed by atoms with van der Waals surface area (Å²) in [7, 11) is 3.69. The molecular weight excluding hydrogens is 366 g/mol. The Kier molecular flexibility index (Phi) is 6.53. The number of aromatic nitrogens is 1. The molecule has 6 heteroatoms. The number of ether oxygens (including phenoxy) is 2. The summed E-state index contributed by atoms with van der Waals surface area (Å²) in [5, 5.41) is 13.8. The molecule has 2 saturated heterocycles. The highest BCUT2D eigenvalue weighted by Gasteiger charge is 2.23. The van der Waals surface area contributed by atoms with E-state index in [-0.39, 0.29) is 6.10 Å². The lowest BCUT2D eigenvalue weighted by molar-refractivity contribution is 0.00156. The molecule has 2 N–H and O–H groups in total. The number of nitrogens with one attached hydrogen (secondary N) is 1. The molecule has 6 nitrogen and oxygen atoms in total. The molecule has 2 aromatic rings. The van der Waals surface area contributed by atoms with E-state index in [0.717, 1.165) is 82.0 Å². The molecule has 0 saturated carbocycles. The Morgan fingerprint density at radius 2 is 2.00 bits per heavy atom. The number of likely N-dealkylation sites (tertiary alicyclic amines) is 1. The summed E-state index contributed by atoms with van der Waals surface area (Å²) in [5.74, 6) is 2.39. The number of hydrogen-bond donors (Lipinski definition) is 2. The number of benzene rings is 1. The minimum absolute atomic E-state index is 0.118. The van der Waals surface area contributed by atoms with Crippen LogP contribution in [0, 0.1) is 0 Å². The van der Waals surface area contributed by atoms with Gasteiger partial charge in [0.25, 0.3) is 0 Å². The molecule has 29 heavy (non-hydrogen) atoms. The number of methoxy groups -OCH3 is 1. The molecule has 3 heterocycles. The van der Waals surface area contributed by atoms with E-state index < -0.39 is 0 Å². The minimum Gasteiger partial charge on any atom is -0.496 e.